The molecule has 0 atom stereocenters. The zero-order valence-electron chi connectivity index (χ0n) is 16.8. The third-order valence-corrected chi connectivity index (χ3v) is 5.30. The minimum atomic E-state index is 0. The van der Waals surface area contributed by atoms with E-state index < -0.39 is 0 Å². The zero-order valence-corrected chi connectivity index (χ0v) is 19.1. The largest absolute Gasteiger partial charge is 0.378 e. The number of para-hydroxylation sites is 1. The summed E-state index contributed by atoms with van der Waals surface area (Å²) in [5.74, 6) is 1.01. The summed E-state index contributed by atoms with van der Waals surface area (Å²) in [6.45, 7) is 7.99. The fourth-order valence-corrected chi connectivity index (χ4v) is 3.89. The molecule has 0 radical (unpaired) electrons. The minimum Gasteiger partial charge on any atom is -0.378 e. The molecule has 150 valence electrons. The Balaban J connectivity index is 0.00000261. The maximum Gasteiger partial charge on any atom is 0.193 e. The van der Waals surface area contributed by atoms with Crippen LogP contribution in [0.5, 0.6) is 0 Å². The van der Waals surface area contributed by atoms with E-state index in [1.165, 1.54) is 22.0 Å². The molecule has 1 saturated heterocycles. The van der Waals surface area contributed by atoms with Crippen LogP contribution in [-0.4, -0.2) is 55.2 Å². The van der Waals surface area contributed by atoms with Crippen molar-refractivity contribution in [3.05, 3.63) is 35.5 Å². The van der Waals surface area contributed by atoms with Gasteiger partial charge in [0, 0.05) is 50.4 Å². The third kappa shape index (κ3) is 5.38. The summed E-state index contributed by atoms with van der Waals surface area (Å²) in [6, 6.07) is 6.58. The van der Waals surface area contributed by atoms with E-state index in [1.54, 1.807) is 0 Å². The Morgan fingerprint density at radius 1 is 1.26 bits per heavy atom. The molecule has 0 saturated carbocycles. The van der Waals surface area contributed by atoms with Crippen LogP contribution in [0.3, 0.4) is 0 Å². The van der Waals surface area contributed by atoms with E-state index in [0.717, 1.165) is 57.9 Å². The van der Waals surface area contributed by atoms with Crippen molar-refractivity contribution in [1.82, 2.24) is 15.2 Å². The SMILES string of the molecule is CCOC1CCN(C(=NC)NCCc2c[nH]c3c(CC)cccc23)CC1.I. The summed E-state index contributed by atoms with van der Waals surface area (Å²) < 4.78 is 5.74. The molecule has 0 spiro atoms. The number of rotatable bonds is 6. The Morgan fingerprint density at radius 3 is 2.70 bits per heavy atom. The van der Waals surface area contributed by atoms with Gasteiger partial charge < -0.3 is 19.9 Å². The Morgan fingerprint density at radius 2 is 2.04 bits per heavy atom. The second-order valence-electron chi connectivity index (χ2n) is 6.87. The molecule has 1 aromatic carbocycles. The van der Waals surface area contributed by atoms with Crippen LogP contribution in [0.2, 0.25) is 0 Å². The average Bonchev–Trinajstić information content (AvgIpc) is 3.09. The molecule has 6 heteroatoms. The van der Waals surface area contributed by atoms with E-state index in [-0.39, 0.29) is 24.0 Å². The van der Waals surface area contributed by atoms with Gasteiger partial charge >= 0.3 is 0 Å². The standard InChI is InChI=1S/C21H32N4O.HI/c1-4-16-7-6-8-19-17(15-24-20(16)19)9-12-23-21(22-3)25-13-10-18(11-14-25)26-5-2;/h6-8,15,18,24H,4-5,9-14H2,1-3H3,(H,22,23);1H. The number of hydrogen-bond donors (Lipinski definition) is 2. The van der Waals surface area contributed by atoms with Crippen molar-refractivity contribution in [3.8, 4) is 0 Å². The van der Waals surface area contributed by atoms with Crippen LogP contribution in [0.25, 0.3) is 10.9 Å². The number of nitrogens with one attached hydrogen (secondary N) is 2. The molecular formula is C21H33IN4O. The molecular weight excluding hydrogens is 451 g/mol. The number of hydrogen-bond acceptors (Lipinski definition) is 2. The van der Waals surface area contributed by atoms with E-state index in [9.17, 15) is 0 Å². The predicted octanol–water partition coefficient (Wildman–Crippen LogP) is 3.97. The van der Waals surface area contributed by atoms with E-state index in [2.05, 4.69) is 58.4 Å². The quantitative estimate of drug-likeness (QED) is 0.371. The van der Waals surface area contributed by atoms with Gasteiger partial charge in [-0.05, 0) is 43.7 Å². The number of likely N-dealkylation sites (tertiary alicyclic amines) is 1. The highest BCUT2D eigenvalue weighted by Gasteiger charge is 2.21. The van der Waals surface area contributed by atoms with Gasteiger partial charge in [0.2, 0.25) is 0 Å². The fourth-order valence-electron chi connectivity index (χ4n) is 3.89. The molecule has 1 aliphatic heterocycles. The molecule has 2 aromatic rings. The molecule has 5 nitrogen and oxygen atoms in total. The van der Waals surface area contributed by atoms with Crippen molar-refractivity contribution >= 4 is 40.8 Å². The van der Waals surface area contributed by atoms with Crippen LogP contribution in [0.1, 0.15) is 37.8 Å². The fraction of sp³-hybridized carbons (Fsp3) is 0.571. The predicted molar refractivity (Wildman–Crippen MR) is 124 cm³/mol. The first-order chi connectivity index (χ1) is 12.8. The second kappa shape index (κ2) is 10.9. The number of halogens is 1. The molecule has 0 amide bonds. The van der Waals surface area contributed by atoms with Crippen molar-refractivity contribution in [2.45, 2.75) is 45.6 Å². The topological polar surface area (TPSA) is 52.6 Å². The summed E-state index contributed by atoms with van der Waals surface area (Å²) in [4.78, 5) is 10.3. The average molecular weight is 484 g/mol. The molecule has 0 aliphatic carbocycles. The number of aromatic amines is 1. The lowest BCUT2D eigenvalue weighted by molar-refractivity contribution is 0.0264. The van der Waals surface area contributed by atoms with Crippen molar-refractivity contribution < 1.29 is 4.74 Å². The minimum absolute atomic E-state index is 0. The van der Waals surface area contributed by atoms with Crippen LogP contribution in [0.4, 0.5) is 0 Å². The normalized spacial score (nSPS) is 15.8. The lowest BCUT2D eigenvalue weighted by Gasteiger charge is -2.34. The van der Waals surface area contributed by atoms with Crippen LogP contribution in [0, 0.1) is 0 Å². The number of aryl methyl sites for hydroxylation is 1. The van der Waals surface area contributed by atoms with E-state index in [0.29, 0.717) is 6.10 Å². The zero-order chi connectivity index (χ0) is 18.4. The van der Waals surface area contributed by atoms with Gasteiger partial charge in [0.15, 0.2) is 5.96 Å². The van der Waals surface area contributed by atoms with Crippen LogP contribution >= 0.6 is 24.0 Å². The summed E-state index contributed by atoms with van der Waals surface area (Å²) in [7, 11) is 1.87. The molecule has 2 heterocycles. The summed E-state index contributed by atoms with van der Waals surface area (Å²) >= 11 is 0. The monoisotopic (exact) mass is 484 g/mol. The summed E-state index contributed by atoms with van der Waals surface area (Å²) in [6.07, 6.45) is 6.77. The number of aliphatic imine (C=N–C) groups is 1. The molecule has 2 N–H and O–H groups in total. The van der Waals surface area contributed by atoms with Gasteiger partial charge in [0.25, 0.3) is 0 Å². The highest BCUT2D eigenvalue weighted by atomic mass is 127. The number of aromatic nitrogens is 1. The molecule has 0 unspecified atom stereocenters. The highest BCUT2D eigenvalue weighted by molar-refractivity contribution is 14.0. The maximum absolute atomic E-state index is 5.74. The lowest BCUT2D eigenvalue weighted by Crippen LogP contribution is -2.47. The molecule has 1 aliphatic rings. The number of nitrogens with zero attached hydrogens (tertiary/aromatic N) is 2. The number of fused-ring (bicyclic) bond motifs is 1. The molecule has 27 heavy (non-hydrogen) atoms. The summed E-state index contributed by atoms with van der Waals surface area (Å²) in [5, 5.41) is 4.88. The Labute approximate surface area is 180 Å². The molecule has 1 aromatic heterocycles. The number of H-pyrrole nitrogens is 1. The Hall–Kier alpha value is -1.28. The van der Waals surface area contributed by atoms with Gasteiger partial charge in [-0.15, -0.1) is 24.0 Å². The highest BCUT2D eigenvalue weighted by Crippen LogP contribution is 2.22. The second-order valence-corrected chi connectivity index (χ2v) is 6.87. The van der Waals surface area contributed by atoms with Crippen molar-refractivity contribution in [2.24, 2.45) is 4.99 Å². The number of guanidine groups is 1. The van der Waals surface area contributed by atoms with Gasteiger partial charge in [-0.3, -0.25) is 4.99 Å². The lowest BCUT2D eigenvalue weighted by atomic mass is 10.1. The van der Waals surface area contributed by atoms with Crippen LogP contribution in [0.15, 0.2) is 29.4 Å². The molecule has 1 fully saturated rings. The van der Waals surface area contributed by atoms with Crippen molar-refractivity contribution in [3.63, 3.8) is 0 Å². The van der Waals surface area contributed by atoms with Gasteiger partial charge in [-0.25, -0.2) is 0 Å². The van der Waals surface area contributed by atoms with Gasteiger partial charge in [0.1, 0.15) is 0 Å². The van der Waals surface area contributed by atoms with E-state index >= 15 is 0 Å². The molecule has 3 rings (SSSR count). The first kappa shape index (κ1) is 22.0. The maximum atomic E-state index is 5.74. The van der Waals surface area contributed by atoms with Crippen LogP contribution in [-0.2, 0) is 17.6 Å². The van der Waals surface area contributed by atoms with Crippen LogP contribution < -0.4 is 5.32 Å². The van der Waals surface area contributed by atoms with E-state index in [4.69, 9.17) is 4.74 Å². The van der Waals surface area contributed by atoms with Gasteiger partial charge in [0.05, 0.1) is 6.10 Å². The van der Waals surface area contributed by atoms with E-state index in [1.807, 2.05) is 7.05 Å². The smallest absolute Gasteiger partial charge is 0.193 e. The number of benzene rings is 1. The number of piperidine rings is 1. The van der Waals surface area contributed by atoms with Crippen molar-refractivity contribution in [1.29, 1.82) is 0 Å². The molecule has 0 bridgehead atoms. The first-order valence-corrected chi connectivity index (χ1v) is 9.91. The Bertz CT molecular complexity index is 735. The summed E-state index contributed by atoms with van der Waals surface area (Å²) in [5.41, 5.74) is 4.04. The van der Waals surface area contributed by atoms with Gasteiger partial charge in [-0.1, -0.05) is 25.1 Å². The Kier molecular flexibility index (Phi) is 8.89. The van der Waals surface area contributed by atoms with Crippen molar-refractivity contribution in [2.75, 3.05) is 33.3 Å². The number of ether oxygens (including phenoxy) is 1. The third-order valence-electron chi connectivity index (χ3n) is 5.30. The first-order valence-electron chi connectivity index (χ1n) is 9.91. The van der Waals surface area contributed by atoms with Gasteiger partial charge in [-0.2, -0.15) is 0 Å².